The first kappa shape index (κ1) is 25.0. The molecule has 1 saturated heterocycles. The normalized spacial score (nSPS) is 14.8. The fourth-order valence-electron chi connectivity index (χ4n) is 4.34. The number of piperazine rings is 1. The molecule has 0 radical (unpaired) electrons. The minimum atomic E-state index is -3.70. The Bertz CT molecular complexity index is 1480. The highest BCUT2D eigenvalue weighted by molar-refractivity contribution is 9.10. The van der Waals surface area contributed by atoms with E-state index in [9.17, 15) is 13.2 Å². The lowest BCUT2D eigenvalue weighted by molar-refractivity contribution is 0.0633. The SMILES string of the molecule is CN(c1ccc2sc(C(=O)N3CCN(Cc4ccccc4)CC3)cc2c1)S(=O)(=O)c1ccc(Br)cc1. The van der Waals surface area contributed by atoms with Gasteiger partial charge in [-0.15, -0.1) is 11.3 Å². The summed E-state index contributed by atoms with van der Waals surface area (Å²) in [4.78, 5) is 18.4. The third-order valence-electron chi connectivity index (χ3n) is 6.45. The van der Waals surface area contributed by atoms with Crippen molar-refractivity contribution >= 4 is 59.0 Å². The molecule has 0 aliphatic carbocycles. The van der Waals surface area contributed by atoms with E-state index in [0.29, 0.717) is 23.7 Å². The van der Waals surface area contributed by atoms with Gasteiger partial charge in [0.2, 0.25) is 0 Å². The van der Waals surface area contributed by atoms with Crippen LogP contribution >= 0.6 is 27.3 Å². The largest absolute Gasteiger partial charge is 0.335 e. The van der Waals surface area contributed by atoms with Crippen molar-refractivity contribution < 1.29 is 13.2 Å². The van der Waals surface area contributed by atoms with Gasteiger partial charge in [0, 0.05) is 48.9 Å². The predicted molar refractivity (Wildman–Crippen MR) is 149 cm³/mol. The molecule has 9 heteroatoms. The molecule has 1 fully saturated rings. The number of carbonyl (C=O) groups excluding carboxylic acids is 1. The van der Waals surface area contributed by atoms with Crippen LogP contribution in [0.2, 0.25) is 0 Å². The van der Waals surface area contributed by atoms with E-state index in [0.717, 1.165) is 34.2 Å². The van der Waals surface area contributed by atoms with Crippen molar-refractivity contribution in [3.05, 3.63) is 93.8 Å². The van der Waals surface area contributed by atoms with Crippen LogP contribution in [-0.2, 0) is 16.6 Å². The van der Waals surface area contributed by atoms with Crippen LogP contribution in [0.5, 0.6) is 0 Å². The van der Waals surface area contributed by atoms with Gasteiger partial charge < -0.3 is 4.90 Å². The molecule has 36 heavy (non-hydrogen) atoms. The summed E-state index contributed by atoms with van der Waals surface area (Å²) >= 11 is 4.79. The van der Waals surface area contributed by atoms with E-state index in [4.69, 9.17) is 0 Å². The molecule has 186 valence electrons. The van der Waals surface area contributed by atoms with Gasteiger partial charge in [0.25, 0.3) is 15.9 Å². The van der Waals surface area contributed by atoms with Crippen molar-refractivity contribution in [1.29, 1.82) is 0 Å². The standard InChI is InChI=1S/C27H26BrN3O3S2/c1-29(36(33,34)24-10-7-22(28)8-11-24)23-9-12-25-21(17-23)18-26(35-25)27(32)31-15-13-30(14-16-31)19-20-5-3-2-4-6-20/h2-12,17-18H,13-16,19H2,1H3. The molecule has 1 aliphatic rings. The highest BCUT2D eigenvalue weighted by atomic mass is 79.9. The van der Waals surface area contributed by atoms with Crippen molar-refractivity contribution in [1.82, 2.24) is 9.80 Å². The third kappa shape index (κ3) is 5.20. The zero-order valence-electron chi connectivity index (χ0n) is 19.8. The molecule has 4 aromatic rings. The molecule has 0 N–H and O–H groups in total. The molecule has 2 heterocycles. The summed E-state index contributed by atoms with van der Waals surface area (Å²) < 4.78 is 29.2. The molecular weight excluding hydrogens is 558 g/mol. The summed E-state index contributed by atoms with van der Waals surface area (Å²) in [6.45, 7) is 3.96. The van der Waals surface area contributed by atoms with Gasteiger partial charge in [-0.25, -0.2) is 8.42 Å². The monoisotopic (exact) mass is 583 g/mol. The molecule has 0 spiro atoms. The maximum atomic E-state index is 13.2. The van der Waals surface area contributed by atoms with Crippen molar-refractivity contribution in [3.63, 3.8) is 0 Å². The van der Waals surface area contributed by atoms with Crippen LogP contribution in [0.3, 0.4) is 0 Å². The summed E-state index contributed by atoms with van der Waals surface area (Å²) in [5, 5.41) is 0.862. The average Bonchev–Trinajstić information content (AvgIpc) is 3.32. The zero-order valence-corrected chi connectivity index (χ0v) is 23.0. The molecular formula is C27H26BrN3O3S2. The second-order valence-corrected chi connectivity index (χ2v) is 12.8. The van der Waals surface area contributed by atoms with Crippen LogP contribution in [0.15, 0.2) is 88.2 Å². The summed E-state index contributed by atoms with van der Waals surface area (Å²) in [6, 6.07) is 24.3. The molecule has 5 rings (SSSR count). The molecule has 0 bridgehead atoms. The minimum Gasteiger partial charge on any atom is -0.335 e. The van der Waals surface area contributed by atoms with Crippen LogP contribution in [0.1, 0.15) is 15.2 Å². The van der Waals surface area contributed by atoms with E-state index in [-0.39, 0.29) is 10.8 Å². The van der Waals surface area contributed by atoms with E-state index in [1.807, 2.05) is 29.2 Å². The van der Waals surface area contributed by atoms with Gasteiger partial charge >= 0.3 is 0 Å². The number of anilines is 1. The smallest absolute Gasteiger partial charge is 0.264 e. The molecule has 1 amide bonds. The lowest BCUT2D eigenvalue weighted by atomic mass is 10.2. The Labute approximate surface area is 223 Å². The third-order valence-corrected chi connectivity index (χ3v) is 9.89. The number of thiophene rings is 1. The number of fused-ring (bicyclic) bond motifs is 1. The maximum Gasteiger partial charge on any atom is 0.264 e. The summed E-state index contributed by atoms with van der Waals surface area (Å²) in [5.74, 6) is 0.0351. The Morgan fingerprint density at radius 2 is 1.64 bits per heavy atom. The van der Waals surface area contributed by atoms with Crippen LogP contribution < -0.4 is 4.31 Å². The Balaban J connectivity index is 1.28. The van der Waals surface area contributed by atoms with E-state index < -0.39 is 10.0 Å². The van der Waals surface area contributed by atoms with Gasteiger partial charge in [0.05, 0.1) is 15.5 Å². The van der Waals surface area contributed by atoms with Crippen LogP contribution in [-0.4, -0.2) is 57.4 Å². The number of hydrogen-bond donors (Lipinski definition) is 0. The Hall–Kier alpha value is -2.72. The number of rotatable bonds is 6. The quantitative estimate of drug-likeness (QED) is 0.303. The first-order chi connectivity index (χ1) is 17.3. The highest BCUT2D eigenvalue weighted by Crippen LogP contribution is 2.32. The second-order valence-electron chi connectivity index (χ2n) is 8.81. The predicted octanol–water partition coefficient (Wildman–Crippen LogP) is 5.45. The van der Waals surface area contributed by atoms with Gasteiger partial charge in [0.1, 0.15) is 0 Å². The average molecular weight is 585 g/mol. The van der Waals surface area contributed by atoms with Gasteiger partial charge in [-0.05, 0) is 59.5 Å². The fraction of sp³-hybridized carbons (Fsp3) is 0.222. The van der Waals surface area contributed by atoms with E-state index in [2.05, 4.69) is 45.1 Å². The van der Waals surface area contributed by atoms with E-state index in [1.54, 1.807) is 37.4 Å². The number of hydrogen-bond acceptors (Lipinski definition) is 5. The van der Waals surface area contributed by atoms with Crippen LogP contribution in [0, 0.1) is 0 Å². The summed E-state index contributed by atoms with van der Waals surface area (Å²) in [7, 11) is -2.15. The first-order valence-corrected chi connectivity index (χ1v) is 14.7. The maximum absolute atomic E-state index is 13.2. The Morgan fingerprint density at radius 3 is 2.33 bits per heavy atom. The Kier molecular flexibility index (Phi) is 7.16. The first-order valence-electron chi connectivity index (χ1n) is 11.6. The lowest BCUT2D eigenvalue weighted by Gasteiger charge is -2.34. The van der Waals surface area contributed by atoms with Crippen molar-refractivity contribution in [3.8, 4) is 0 Å². The molecule has 0 unspecified atom stereocenters. The summed E-state index contributed by atoms with van der Waals surface area (Å²) in [6.07, 6.45) is 0. The van der Waals surface area contributed by atoms with Gasteiger partial charge in [-0.1, -0.05) is 46.3 Å². The van der Waals surface area contributed by atoms with Crippen molar-refractivity contribution in [2.75, 3.05) is 37.5 Å². The number of sulfonamides is 1. The van der Waals surface area contributed by atoms with Crippen LogP contribution in [0.25, 0.3) is 10.1 Å². The number of carbonyl (C=O) groups is 1. The van der Waals surface area contributed by atoms with Crippen molar-refractivity contribution in [2.45, 2.75) is 11.4 Å². The topological polar surface area (TPSA) is 60.9 Å². The van der Waals surface area contributed by atoms with Crippen molar-refractivity contribution in [2.24, 2.45) is 0 Å². The molecule has 0 saturated carbocycles. The Morgan fingerprint density at radius 1 is 0.944 bits per heavy atom. The summed E-state index contributed by atoms with van der Waals surface area (Å²) in [5.41, 5.74) is 1.83. The van der Waals surface area contributed by atoms with Gasteiger partial charge in [-0.2, -0.15) is 0 Å². The molecule has 1 aromatic heterocycles. The number of amides is 1. The van der Waals surface area contributed by atoms with Gasteiger partial charge in [0.15, 0.2) is 0 Å². The van der Waals surface area contributed by atoms with Crippen LogP contribution in [0.4, 0.5) is 5.69 Å². The van der Waals surface area contributed by atoms with Gasteiger partial charge in [-0.3, -0.25) is 14.0 Å². The minimum absolute atomic E-state index is 0.0351. The second kappa shape index (κ2) is 10.3. The number of benzene rings is 3. The molecule has 3 aromatic carbocycles. The zero-order chi connectivity index (χ0) is 25.3. The lowest BCUT2D eigenvalue weighted by Crippen LogP contribution is -2.48. The van der Waals surface area contributed by atoms with E-state index in [1.165, 1.54) is 21.2 Å². The van der Waals surface area contributed by atoms with E-state index >= 15 is 0 Å². The molecule has 6 nitrogen and oxygen atoms in total. The molecule has 0 atom stereocenters. The number of nitrogens with zero attached hydrogens (tertiary/aromatic N) is 3. The molecule has 1 aliphatic heterocycles. The number of halogens is 1. The fourth-order valence-corrected chi connectivity index (χ4v) is 6.80. The highest BCUT2D eigenvalue weighted by Gasteiger charge is 2.25.